The maximum Gasteiger partial charge on any atom is 0.228 e. The Balaban J connectivity index is 0.00000370. The number of benzene rings is 1. The minimum atomic E-state index is 0. The second-order valence-corrected chi connectivity index (χ2v) is 10.6. The van der Waals surface area contributed by atoms with Crippen molar-refractivity contribution in [2.75, 3.05) is 12.4 Å². The van der Waals surface area contributed by atoms with Gasteiger partial charge in [0.05, 0.1) is 17.1 Å². The molecule has 0 aliphatic heterocycles. The normalized spacial score (nSPS) is 14.5. The Hall–Kier alpha value is -3.94. The van der Waals surface area contributed by atoms with Crippen molar-refractivity contribution in [3.05, 3.63) is 77.0 Å². The van der Waals surface area contributed by atoms with Crippen molar-refractivity contribution in [2.24, 2.45) is 18.9 Å². The Morgan fingerprint density at radius 1 is 1.15 bits per heavy atom. The number of anilines is 2. The van der Waals surface area contributed by atoms with E-state index in [0.717, 1.165) is 60.6 Å². The standard InChI is InChI=1S/C31H40N8.H2/c1-7-20(3)21(4)25(19-32-5)23-11-9-10-22(16-23)17-27-29-26(36-38(27)6)13-12-24-18-33-31(35-30(24)29)34-28-14-15-39(8-2)37-28;/h9-11,14-16,18-21,32H,7-8,12-13,17H2,1-6H3,(H,33,34,35,37);1H/b25-19+;. The second kappa shape index (κ2) is 11.4. The number of nitrogens with zero attached hydrogens (tertiary/aromatic N) is 6. The molecule has 0 fully saturated rings. The van der Waals surface area contributed by atoms with Crippen LogP contribution in [0.1, 0.15) is 63.6 Å². The SMILES string of the molecule is CCC(C)C(C)/C(=C\NC)c1cccc(Cc2c3c(nn2C)CCc2cnc(Nc4ccn(CC)n4)nc2-3)c1.[HH]. The van der Waals surface area contributed by atoms with E-state index < -0.39 is 0 Å². The van der Waals surface area contributed by atoms with Crippen LogP contribution in [0.2, 0.25) is 0 Å². The topological polar surface area (TPSA) is 85.5 Å². The molecule has 1 aliphatic carbocycles. The van der Waals surface area contributed by atoms with Crippen LogP contribution in [0.4, 0.5) is 11.8 Å². The highest BCUT2D eigenvalue weighted by Gasteiger charge is 2.27. The highest BCUT2D eigenvalue weighted by molar-refractivity contribution is 5.73. The lowest BCUT2D eigenvalue weighted by atomic mass is 9.83. The molecule has 0 bridgehead atoms. The summed E-state index contributed by atoms with van der Waals surface area (Å²) in [5, 5.41) is 16.0. The minimum absolute atomic E-state index is 0. The lowest BCUT2D eigenvalue weighted by molar-refractivity contribution is 0.457. The Kier molecular flexibility index (Phi) is 7.82. The van der Waals surface area contributed by atoms with Gasteiger partial charge in [-0.1, -0.05) is 51.5 Å². The molecule has 3 heterocycles. The molecule has 8 nitrogen and oxygen atoms in total. The average molecular weight is 527 g/mol. The zero-order valence-corrected chi connectivity index (χ0v) is 24.0. The Labute approximate surface area is 233 Å². The molecule has 0 saturated carbocycles. The Morgan fingerprint density at radius 3 is 2.74 bits per heavy atom. The third-order valence-corrected chi connectivity index (χ3v) is 8.10. The summed E-state index contributed by atoms with van der Waals surface area (Å²) >= 11 is 0. The van der Waals surface area contributed by atoms with Crippen molar-refractivity contribution in [1.29, 1.82) is 0 Å². The number of fused-ring (bicyclic) bond motifs is 3. The van der Waals surface area contributed by atoms with Crippen LogP contribution < -0.4 is 10.6 Å². The van der Waals surface area contributed by atoms with E-state index in [2.05, 4.69) is 78.9 Å². The summed E-state index contributed by atoms with van der Waals surface area (Å²) in [4.78, 5) is 9.57. The summed E-state index contributed by atoms with van der Waals surface area (Å²) in [5.74, 6) is 2.36. The molecular weight excluding hydrogens is 484 g/mol. The number of rotatable bonds is 10. The average Bonchev–Trinajstić information content (AvgIpc) is 3.54. The molecule has 2 atom stereocenters. The van der Waals surface area contributed by atoms with E-state index in [1.807, 2.05) is 41.9 Å². The third-order valence-electron chi connectivity index (χ3n) is 8.10. The smallest absolute Gasteiger partial charge is 0.228 e. The summed E-state index contributed by atoms with van der Waals surface area (Å²) < 4.78 is 3.92. The molecule has 0 spiro atoms. The number of hydrogen-bond donors (Lipinski definition) is 2. The van der Waals surface area contributed by atoms with Crippen LogP contribution >= 0.6 is 0 Å². The summed E-state index contributed by atoms with van der Waals surface area (Å²) in [5.41, 5.74) is 9.45. The van der Waals surface area contributed by atoms with E-state index >= 15 is 0 Å². The zero-order valence-electron chi connectivity index (χ0n) is 24.0. The molecule has 1 aromatic carbocycles. The van der Waals surface area contributed by atoms with E-state index in [0.29, 0.717) is 17.8 Å². The number of nitrogens with one attached hydrogen (secondary N) is 2. The maximum absolute atomic E-state index is 4.98. The van der Waals surface area contributed by atoms with Crippen molar-refractivity contribution in [3.8, 4) is 11.3 Å². The summed E-state index contributed by atoms with van der Waals surface area (Å²) in [6.45, 7) is 9.81. The number of hydrogen-bond acceptors (Lipinski definition) is 6. The molecule has 8 heteroatoms. The molecule has 39 heavy (non-hydrogen) atoms. The largest absolute Gasteiger partial charge is 0.394 e. The fourth-order valence-corrected chi connectivity index (χ4v) is 5.46. The number of aromatic nitrogens is 6. The fourth-order valence-electron chi connectivity index (χ4n) is 5.46. The first-order valence-electron chi connectivity index (χ1n) is 14.1. The summed E-state index contributed by atoms with van der Waals surface area (Å²) in [7, 11) is 4.03. The minimum Gasteiger partial charge on any atom is -0.394 e. The summed E-state index contributed by atoms with van der Waals surface area (Å²) in [6, 6.07) is 10.9. The van der Waals surface area contributed by atoms with Gasteiger partial charge < -0.3 is 10.6 Å². The van der Waals surface area contributed by atoms with E-state index in [4.69, 9.17) is 10.1 Å². The quantitative estimate of drug-likeness (QED) is 0.263. The van der Waals surface area contributed by atoms with Crippen LogP contribution in [-0.2, 0) is 32.9 Å². The van der Waals surface area contributed by atoms with Crippen LogP contribution in [0.25, 0.3) is 16.8 Å². The van der Waals surface area contributed by atoms with E-state index in [-0.39, 0.29) is 1.43 Å². The van der Waals surface area contributed by atoms with Gasteiger partial charge in [0.2, 0.25) is 5.95 Å². The molecule has 206 valence electrons. The second-order valence-electron chi connectivity index (χ2n) is 10.6. The Bertz CT molecular complexity index is 1480. The van der Waals surface area contributed by atoms with Crippen molar-refractivity contribution < 1.29 is 1.43 Å². The molecular formula is C31H42N8. The van der Waals surface area contributed by atoms with Crippen LogP contribution in [0, 0.1) is 11.8 Å². The van der Waals surface area contributed by atoms with Gasteiger partial charge in [-0.15, -0.1) is 0 Å². The molecule has 2 N–H and O–H groups in total. The first-order valence-corrected chi connectivity index (χ1v) is 14.1. The van der Waals surface area contributed by atoms with Gasteiger partial charge >= 0.3 is 0 Å². The summed E-state index contributed by atoms with van der Waals surface area (Å²) in [6.07, 6.45) is 9.79. The monoisotopic (exact) mass is 526 g/mol. The highest BCUT2D eigenvalue weighted by atomic mass is 15.3. The predicted molar refractivity (Wildman–Crippen MR) is 160 cm³/mol. The van der Waals surface area contributed by atoms with Gasteiger partial charge in [0.1, 0.15) is 0 Å². The van der Waals surface area contributed by atoms with E-state index in [1.165, 1.54) is 22.4 Å². The van der Waals surface area contributed by atoms with Gasteiger partial charge in [-0.3, -0.25) is 9.36 Å². The molecule has 0 saturated heterocycles. The lowest BCUT2D eigenvalue weighted by Crippen LogP contribution is -2.12. The van der Waals surface area contributed by atoms with Gasteiger partial charge in [-0.05, 0) is 53.9 Å². The molecule has 4 aromatic rings. The fraction of sp³-hybridized carbons (Fsp3) is 0.419. The van der Waals surface area contributed by atoms with E-state index in [9.17, 15) is 0 Å². The highest BCUT2D eigenvalue weighted by Crippen LogP contribution is 2.36. The lowest BCUT2D eigenvalue weighted by Gasteiger charge is -2.23. The van der Waals surface area contributed by atoms with Crippen LogP contribution in [0.3, 0.4) is 0 Å². The zero-order chi connectivity index (χ0) is 27.5. The van der Waals surface area contributed by atoms with Gasteiger partial charge in [-0.25, -0.2) is 9.97 Å². The molecule has 2 unspecified atom stereocenters. The number of allylic oxidation sites excluding steroid dienone is 1. The van der Waals surface area contributed by atoms with Gasteiger partial charge in [0.25, 0.3) is 0 Å². The van der Waals surface area contributed by atoms with Gasteiger partial charge in [0, 0.05) is 58.7 Å². The van der Waals surface area contributed by atoms with Crippen LogP contribution in [0.5, 0.6) is 0 Å². The first kappa shape index (κ1) is 26.7. The van der Waals surface area contributed by atoms with Crippen molar-refractivity contribution in [3.63, 3.8) is 0 Å². The van der Waals surface area contributed by atoms with Gasteiger partial charge in [-0.2, -0.15) is 10.2 Å². The van der Waals surface area contributed by atoms with E-state index in [1.54, 1.807) is 0 Å². The molecule has 5 rings (SSSR count). The maximum atomic E-state index is 4.98. The van der Waals surface area contributed by atoms with Crippen molar-refractivity contribution in [2.45, 2.75) is 59.9 Å². The first-order chi connectivity index (χ1) is 18.9. The number of aryl methyl sites for hydroxylation is 4. The van der Waals surface area contributed by atoms with Crippen LogP contribution in [-0.4, -0.2) is 36.6 Å². The van der Waals surface area contributed by atoms with Crippen molar-refractivity contribution >= 4 is 17.3 Å². The van der Waals surface area contributed by atoms with Crippen LogP contribution in [0.15, 0.2) is 48.9 Å². The predicted octanol–water partition coefficient (Wildman–Crippen LogP) is 6.02. The molecule has 0 amide bonds. The van der Waals surface area contributed by atoms with Gasteiger partial charge in [0.15, 0.2) is 5.82 Å². The Morgan fingerprint density at radius 2 is 2.00 bits per heavy atom. The van der Waals surface area contributed by atoms with Crippen molar-refractivity contribution in [1.82, 2.24) is 34.8 Å². The molecule has 3 aromatic heterocycles. The molecule has 0 radical (unpaired) electrons. The molecule has 1 aliphatic rings. The third kappa shape index (κ3) is 5.46.